The number of hydrogen-bond acceptors (Lipinski definition) is 1. The monoisotopic (exact) mass is 247 g/mol. The molecule has 94 valence electrons. The van der Waals surface area contributed by atoms with E-state index in [-0.39, 0.29) is 0 Å². The molecule has 17 heavy (non-hydrogen) atoms. The van der Waals surface area contributed by atoms with E-state index in [2.05, 4.69) is 32.7 Å². The lowest BCUT2D eigenvalue weighted by Gasteiger charge is -2.14. The summed E-state index contributed by atoms with van der Waals surface area (Å²) < 4.78 is 0. The molecule has 0 aromatic heterocycles. The number of hydrogen-bond donors (Lipinski definition) is 1. The fourth-order valence-electron chi connectivity index (χ4n) is 2.38. The molecule has 0 saturated carbocycles. The van der Waals surface area contributed by atoms with Crippen LogP contribution in [0.4, 0.5) is 0 Å². The van der Waals surface area contributed by atoms with Crippen molar-refractivity contribution in [1.82, 2.24) is 5.32 Å². The third-order valence-corrected chi connectivity index (χ3v) is 6.20. The van der Waals surface area contributed by atoms with Gasteiger partial charge in [0.15, 0.2) is 0 Å². The molecule has 0 amide bonds. The van der Waals surface area contributed by atoms with E-state index < -0.39 is 0 Å². The molecule has 1 atom stereocenters. The molecular formula is C15H25NSi. The van der Waals surface area contributed by atoms with Gasteiger partial charge < -0.3 is 5.32 Å². The quantitative estimate of drug-likeness (QED) is 0.699. The molecule has 2 aliphatic rings. The Hall–Kier alpha value is -1.02. The Kier molecular flexibility index (Phi) is 5.49. The predicted molar refractivity (Wildman–Crippen MR) is 80.9 cm³/mol. The summed E-state index contributed by atoms with van der Waals surface area (Å²) in [4.78, 5) is 0. The first-order valence-electron chi connectivity index (χ1n) is 6.46. The van der Waals surface area contributed by atoms with E-state index in [9.17, 15) is 0 Å². The first kappa shape index (κ1) is 14.0. The lowest BCUT2D eigenvalue weighted by Crippen LogP contribution is -2.02. The average molecular weight is 247 g/mol. The van der Waals surface area contributed by atoms with Gasteiger partial charge in [0.05, 0.1) is 0 Å². The largest absolute Gasteiger partial charge is 0.362 e. The van der Waals surface area contributed by atoms with Crippen LogP contribution in [0.1, 0.15) is 27.2 Å². The number of nitrogens with one attached hydrogen (secondary N) is 1. The average Bonchev–Trinajstić information content (AvgIpc) is 2.51. The standard InChI is InChI=1S/C8H9N.C7H16Si/c1-2-8-6-4-3-5-7-9-8;1-6-4-7(2,3)8-5-6/h2-7,9H,1H2;6H,4-5,8H2,1-3H3. The molecule has 0 radical (unpaired) electrons. The Bertz CT molecular complexity index is 337. The van der Waals surface area contributed by atoms with Gasteiger partial charge in [-0.05, 0) is 35.6 Å². The van der Waals surface area contributed by atoms with Gasteiger partial charge in [-0.1, -0.05) is 45.5 Å². The first-order chi connectivity index (χ1) is 8.03. The van der Waals surface area contributed by atoms with Crippen LogP contribution in [0.2, 0.25) is 11.1 Å². The van der Waals surface area contributed by atoms with Gasteiger partial charge in [-0.3, -0.25) is 0 Å². The maximum atomic E-state index is 3.63. The Morgan fingerprint density at radius 2 is 2.18 bits per heavy atom. The highest BCUT2D eigenvalue weighted by Crippen LogP contribution is 2.40. The molecular weight excluding hydrogens is 222 g/mol. The maximum Gasteiger partial charge on any atom is 0.0373 e. The smallest absolute Gasteiger partial charge is 0.0373 e. The molecule has 2 heteroatoms. The van der Waals surface area contributed by atoms with Crippen molar-refractivity contribution in [1.29, 1.82) is 0 Å². The summed E-state index contributed by atoms with van der Waals surface area (Å²) in [6.07, 6.45) is 13.0. The summed E-state index contributed by atoms with van der Waals surface area (Å²) in [5.74, 6) is 1.05. The summed E-state index contributed by atoms with van der Waals surface area (Å²) in [5.41, 5.74) is 1.03. The van der Waals surface area contributed by atoms with Crippen molar-refractivity contribution >= 4 is 9.52 Å². The third-order valence-electron chi connectivity index (χ3n) is 3.28. The van der Waals surface area contributed by atoms with Crippen LogP contribution in [-0.4, -0.2) is 9.52 Å². The van der Waals surface area contributed by atoms with Gasteiger partial charge in [-0.15, -0.1) is 0 Å². The number of rotatable bonds is 1. The minimum absolute atomic E-state index is 0.324. The van der Waals surface area contributed by atoms with Crippen molar-refractivity contribution in [2.75, 3.05) is 0 Å². The van der Waals surface area contributed by atoms with Crippen LogP contribution in [0.5, 0.6) is 0 Å². The predicted octanol–water partition coefficient (Wildman–Crippen LogP) is 3.54. The van der Waals surface area contributed by atoms with Crippen molar-refractivity contribution in [2.45, 2.75) is 38.3 Å². The minimum Gasteiger partial charge on any atom is -0.362 e. The highest BCUT2D eigenvalue weighted by Gasteiger charge is 2.28. The Balaban J connectivity index is 0.000000171. The molecule has 1 N–H and O–H groups in total. The normalized spacial score (nSPS) is 26.5. The molecule has 1 unspecified atom stereocenters. The van der Waals surface area contributed by atoms with Crippen LogP contribution < -0.4 is 5.32 Å². The molecule has 1 fully saturated rings. The van der Waals surface area contributed by atoms with Crippen molar-refractivity contribution in [3.63, 3.8) is 0 Å². The van der Waals surface area contributed by atoms with Gasteiger partial charge in [-0.25, -0.2) is 0 Å². The highest BCUT2D eigenvalue weighted by atomic mass is 28.2. The molecule has 2 heterocycles. The van der Waals surface area contributed by atoms with Gasteiger partial charge in [0.2, 0.25) is 0 Å². The van der Waals surface area contributed by atoms with Crippen LogP contribution in [0, 0.1) is 5.92 Å². The van der Waals surface area contributed by atoms with E-state index in [1.165, 1.54) is 6.42 Å². The minimum atomic E-state index is 0.324. The van der Waals surface area contributed by atoms with Crippen molar-refractivity contribution < 1.29 is 0 Å². The zero-order chi connectivity index (χ0) is 12.7. The van der Waals surface area contributed by atoms with Crippen LogP contribution in [-0.2, 0) is 0 Å². The summed E-state index contributed by atoms with van der Waals surface area (Å²) in [6.45, 7) is 10.9. The van der Waals surface area contributed by atoms with Gasteiger partial charge >= 0.3 is 0 Å². The van der Waals surface area contributed by atoms with E-state index >= 15 is 0 Å². The Morgan fingerprint density at radius 3 is 2.65 bits per heavy atom. The fraction of sp³-hybridized carbons (Fsp3) is 0.467. The molecule has 0 aliphatic carbocycles. The van der Waals surface area contributed by atoms with Crippen molar-refractivity contribution in [3.8, 4) is 0 Å². The SMILES string of the molecule is C=CC1=CC=CC=CN1.CC1C[SiH2]C(C)(C)C1. The molecule has 1 saturated heterocycles. The Labute approximate surface area is 108 Å². The van der Waals surface area contributed by atoms with Gasteiger partial charge in [0.1, 0.15) is 0 Å². The Morgan fingerprint density at radius 1 is 1.41 bits per heavy atom. The summed E-state index contributed by atoms with van der Waals surface area (Å²) in [6, 6.07) is 1.59. The summed E-state index contributed by atoms with van der Waals surface area (Å²) >= 11 is 0. The zero-order valence-electron chi connectivity index (χ0n) is 11.4. The van der Waals surface area contributed by atoms with Crippen LogP contribution >= 0.6 is 0 Å². The van der Waals surface area contributed by atoms with Crippen LogP contribution in [0.15, 0.2) is 48.9 Å². The van der Waals surface area contributed by atoms with E-state index in [0.717, 1.165) is 16.7 Å². The second-order valence-electron chi connectivity index (χ2n) is 5.73. The lowest BCUT2D eigenvalue weighted by molar-refractivity contribution is 0.530. The number of allylic oxidation sites excluding steroid dienone is 5. The summed E-state index contributed by atoms with van der Waals surface area (Å²) in [7, 11) is 0.324. The zero-order valence-corrected chi connectivity index (χ0v) is 12.8. The van der Waals surface area contributed by atoms with Gasteiger partial charge in [0.25, 0.3) is 0 Å². The van der Waals surface area contributed by atoms with Crippen LogP contribution in [0.25, 0.3) is 0 Å². The lowest BCUT2D eigenvalue weighted by atomic mass is 10.0. The second kappa shape index (κ2) is 6.65. The van der Waals surface area contributed by atoms with Gasteiger partial charge in [0, 0.05) is 21.4 Å². The van der Waals surface area contributed by atoms with E-state index in [0.29, 0.717) is 9.52 Å². The molecule has 0 spiro atoms. The van der Waals surface area contributed by atoms with Gasteiger partial charge in [-0.2, -0.15) is 0 Å². The van der Waals surface area contributed by atoms with Crippen LogP contribution in [0.3, 0.4) is 0 Å². The third kappa shape index (κ3) is 5.73. The molecule has 0 aromatic carbocycles. The molecule has 0 aromatic rings. The first-order valence-corrected chi connectivity index (χ1v) is 8.17. The van der Waals surface area contributed by atoms with E-state index in [4.69, 9.17) is 0 Å². The van der Waals surface area contributed by atoms with E-state index in [1.54, 1.807) is 12.1 Å². The maximum absolute atomic E-state index is 3.63. The fourth-order valence-corrected chi connectivity index (χ4v) is 4.56. The molecule has 1 nitrogen and oxygen atoms in total. The van der Waals surface area contributed by atoms with Crippen molar-refractivity contribution in [3.05, 3.63) is 48.9 Å². The van der Waals surface area contributed by atoms with Crippen molar-refractivity contribution in [2.24, 2.45) is 5.92 Å². The topological polar surface area (TPSA) is 12.0 Å². The molecule has 2 aliphatic heterocycles. The molecule has 0 bridgehead atoms. The second-order valence-corrected chi connectivity index (χ2v) is 8.72. The highest BCUT2D eigenvalue weighted by molar-refractivity contribution is 6.40. The summed E-state index contributed by atoms with van der Waals surface area (Å²) in [5, 5.41) is 3.84. The molecule has 2 rings (SSSR count). The van der Waals surface area contributed by atoms with E-state index in [1.807, 2.05) is 30.5 Å².